The van der Waals surface area contributed by atoms with E-state index in [-0.39, 0.29) is 5.69 Å². The predicted molar refractivity (Wildman–Crippen MR) is 92.3 cm³/mol. The number of ether oxygens (including phenoxy) is 1. The van der Waals surface area contributed by atoms with Gasteiger partial charge in [0.25, 0.3) is 0 Å². The molecular formula is C18H23F3N2O4. The summed E-state index contributed by atoms with van der Waals surface area (Å²) in [5, 5.41) is 12.2. The molecular weight excluding hydrogens is 365 g/mol. The molecule has 150 valence electrons. The van der Waals surface area contributed by atoms with E-state index in [1.807, 2.05) is 0 Å². The lowest BCUT2D eigenvalue weighted by Gasteiger charge is -2.35. The topological polar surface area (TPSA) is 78.9 Å². The van der Waals surface area contributed by atoms with Gasteiger partial charge in [0.05, 0.1) is 11.3 Å². The maximum absolute atomic E-state index is 12.7. The zero-order chi connectivity index (χ0) is 20.4. The van der Waals surface area contributed by atoms with Crippen LogP contribution in [0.5, 0.6) is 5.75 Å². The zero-order valence-corrected chi connectivity index (χ0v) is 15.4. The Bertz CT molecular complexity index is 714. The third-order valence-electron chi connectivity index (χ3n) is 4.02. The van der Waals surface area contributed by atoms with Crippen molar-refractivity contribution in [1.82, 2.24) is 4.90 Å². The van der Waals surface area contributed by atoms with E-state index in [4.69, 9.17) is 4.74 Å². The Balaban J connectivity index is 2.14. The maximum atomic E-state index is 12.7. The summed E-state index contributed by atoms with van der Waals surface area (Å²) >= 11 is 0. The van der Waals surface area contributed by atoms with Crippen molar-refractivity contribution in [2.75, 3.05) is 11.9 Å². The van der Waals surface area contributed by atoms with Crippen molar-refractivity contribution in [2.45, 2.75) is 57.9 Å². The number of nitrogens with one attached hydrogen (secondary N) is 1. The highest BCUT2D eigenvalue weighted by atomic mass is 19.4. The SMILES string of the molecule is CC(C)(C)OC(=O)N1CCCCC1C(=O)Nc1ccc(C(F)(F)F)cc1O. The minimum absolute atomic E-state index is 0.150. The fourth-order valence-electron chi connectivity index (χ4n) is 2.77. The molecule has 1 unspecified atom stereocenters. The Labute approximate surface area is 155 Å². The monoisotopic (exact) mass is 388 g/mol. The van der Waals surface area contributed by atoms with Gasteiger partial charge >= 0.3 is 12.3 Å². The minimum atomic E-state index is -4.60. The first kappa shape index (κ1) is 20.9. The van der Waals surface area contributed by atoms with Gasteiger partial charge in [0.1, 0.15) is 17.4 Å². The van der Waals surface area contributed by atoms with Crippen molar-refractivity contribution in [2.24, 2.45) is 0 Å². The van der Waals surface area contributed by atoms with E-state index in [1.54, 1.807) is 20.8 Å². The second kappa shape index (κ2) is 7.66. The lowest BCUT2D eigenvalue weighted by Crippen LogP contribution is -2.51. The fourth-order valence-corrected chi connectivity index (χ4v) is 2.77. The highest BCUT2D eigenvalue weighted by Crippen LogP contribution is 2.34. The number of anilines is 1. The van der Waals surface area contributed by atoms with E-state index in [9.17, 15) is 27.9 Å². The summed E-state index contributed by atoms with van der Waals surface area (Å²) in [4.78, 5) is 26.3. The first-order chi connectivity index (χ1) is 12.4. The molecule has 0 aromatic heterocycles. The number of carbonyl (C=O) groups excluding carboxylic acids is 2. The Morgan fingerprint density at radius 2 is 1.89 bits per heavy atom. The van der Waals surface area contributed by atoms with Crippen LogP contribution < -0.4 is 5.32 Å². The molecule has 1 aromatic rings. The number of hydrogen-bond donors (Lipinski definition) is 2. The molecule has 0 bridgehead atoms. The molecule has 1 aliphatic rings. The van der Waals surface area contributed by atoms with Crippen molar-refractivity contribution in [3.63, 3.8) is 0 Å². The lowest BCUT2D eigenvalue weighted by atomic mass is 10.0. The number of alkyl halides is 3. The van der Waals surface area contributed by atoms with Crippen LogP contribution >= 0.6 is 0 Å². The Hall–Kier alpha value is -2.45. The van der Waals surface area contributed by atoms with Gasteiger partial charge in [-0.3, -0.25) is 9.69 Å². The van der Waals surface area contributed by atoms with Gasteiger partial charge in [0.15, 0.2) is 0 Å². The molecule has 0 saturated carbocycles. The molecule has 1 atom stereocenters. The Morgan fingerprint density at radius 1 is 1.22 bits per heavy atom. The van der Waals surface area contributed by atoms with Gasteiger partial charge in [-0.05, 0) is 58.2 Å². The molecule has 0 aliphatic carbocycles. The number of likely N-dealkylation sites (tertiary alicyclic amines) is 1. The smallest absolute Gasteiger partial charge is 0.416 e. The van der Waals surface area contributed by atoms with E-state index < -0.39 is 41.1 Å². The Kier molecular flexibility index (Phi) is 5.91. The molecule has 6 nitrogen and oxygen atoms in total. The number of phenolic OH excluding ortho intramolecular Hbond substituents is 1. The summed E-state index contributed by atoms with van der Waals surface area (Å²) in [6.45, 7) is 5.48. The van der Waals surface area contributed by atoms with E-state index in [0.717, 1.165) is 18.6 Å². The van der Waals surface area contributed by atoms with Gasteiger partial charge in [-0.1, -0.05) is 0 Å². The number of hydrogen-bond acceptors (Lipinski definition) is 4. The van der Waals surface area contributed by atoms with E-state index >= 15 is 0 Å². The van der Waals surface area contributed by atoms with Crippen molar-refractivity contribution >= 4 is 17.7 Å². The number of carbonyl (C=O) groups is 2. The summed E-state index contributed by atoms with van der Waals surface area (Å²) in [5.41, 5.74) is -1.89. The molecule has 1 fully saturated rings. The van der Waals surface area contributed by atoms with Gasteiger partial charge in [-0.2, -0.15) is 13.2 Å². The lowest BCUT2D eigenvalue weighted by molar-refractivity contribution is -0.137. The summed E-state index contributed by atoms with van der Waals surface area (Å²) in [5.74, 6) is -1.28. The van der Waals surface area contributed by atoms with Crippen LogP contribution in [0.3, 0.4) is 0 Å². The number of rotatable bonds is 2. The third-order valence-corrected chi connectivity index (χ3v) is 4.02. The second-order valence-electron chi connectivity index (χ2n) is 7.40. The standard InChI is InChI=1S/C18H23F3N2O4/c1-17(2,3)27-16(26)23-9-5-4-6-13(23)15(25)22-12-8-7-11(10-14(12)24)18(19,20)21/h7-8,10,13,24H,4-6,9H2,1-3H3,(H,22,25). The van der Waals surface area contributed by atoms with E-state index in [2.05, 4.69) is 5.32 Å². The molecule has 2 rings (SSSR count). The number of benzene rings is 1. The predicted octanol–water partition coefficient (Wildman–Crippen LogP) is 4.14. The van der Waals surface area contributed by atoms with Crippen LogP contribution in [0.2, 0.25) is 0 Å². The highest BCUT2D eigenvalue weighted by molar-refractivity contribution is 5.97. The van der Waals surface area contributed by atoms with E-state index in [0.29, 0.717) is 25.5 Å². The zero-order valence-electron chi connectivity index (χ0n) is 15.4. The van der Waals surface area contributed by atoms with Crippen molar-refractivity contribution in [1.29, 1.82) is 0 Å². The summed E-state index contributed by atoms with van der Waals surface area (Å²) in [6, 6.07) is 1.47. The number of halogens is 3. The maximum Gasteiger partial charge on any atom is 0.416 e. The Morgan fingerprint density at radius 3 is 2.44 bits per heavy atom. The summed E-state index contributed by atoms with van der Waals surface area (Å²) in [6.07, 6.45) is -3.40. The number of piperidine rings is 1. The number of amides is 2. The van der Waals surface area contributed by atoms with Gasteiger partial charge in [-0.15, -0.1) is 0 Å². The van der Waals surface area contributed by atoms with Gasteiger partial charge < -0.3 is 15.2 Å². The normalized spacial score (nSPS) is 18.1. The van der Waals surface area contributed by atoms with Gasteiger partial charge in [0, 0.05) is 6.54 Å². The molecule has 2 N–H and O–H groups in total. The van der Waals surface area contributed by atoms with Crippen LogP contribution in [0.1, 0.15) is 45.6 Å². The second-order valence-corrected chi connectivity index (χ2v) is 7.40. The summed E-state index contributed by atoms with van der Waals surface area (Å²) in [7, 11) is 0. The van der Waals surface area contributed by atoms with Crippen LogP contribution in [0.4, 0.5) is 23.7 Å². The number of nitrogens with zero attached hydrogens (tertiary/aromatic N) is 1. The van der Waals surface area contributed by atoms with Crippen LogP contribution in [-0.4, -0.2) is 40.2 Å². The first-order valence-electron chi connectivity index (χ1n) is 8.59. The number of phenols is 1. The molecule has 2 amide bonds. The largest absolute Gasteiger partial charge is 0.506 e. The van der Waals surface area contributed by atoms with Crippen molar-refractivity contribution in [3.8, 4) is 5.75 Å². The average Bonchev–Trinajstić information content (AvgIpc) is 2.54. The molecule has 0 radical (unpaired) electrons. The average molecular weight is 388 g/mol. The summed E-state index contributed by atoms with van der Waals surface area (Å²) < 4.78 is 43.3. The van der Waals surface area contributed by atoms with Gasteiger partial charge in [0.2, 0.25) is 5.91 Å². The van der Waals surface area contributed by atoms with Crippen molar-refractivity contribution < 1.29 is 32.6 Å². The van der Waals surface area contributed by atoms with Crippen LogP contribution in [0.15, 0.2) is 18.2 Å². The molecule has 27 heavy (non-hydrogen) atoms. The van der Waals surface area contributed by atoms with E-state index in [1.165, 1.54) is 4.90 Å². The molecule has 1 saturated heterocycles. The number of aromatic hydroxyl groups is 1. The molecule has 1 aromatic carbocycles. The third kappa shape index (κ3) is 5.51. The molecule has 0 spiro atoms. The van der Waals surface area contributed by atoms with Crippen LogP contribution in [-0.2, 0) is 15.7 Å². The highest BCUT2D eigenvalue weighted by Gasteiger charge is 2.35. The fraction of sp³-hybridized carbons (Fsp3) is 0.556. The minimum Gasteiger partial charge on any atom is -0.506 e. The van der Waals surface area contributed by atoms with Crippen LogP contribution in [0.25, 0.3) is 0 Å². The first-order valence-corrected chi connectivity index (χ1v) is 8.59. The van der Waals surface area contributed by atoms with Crippen molar-refractivity contribution in [3.05, 3.63) is 23.8 Å². The molecule has 1 aliphatic heterocycles. The quantitative estimate of drug-likeness (QED) is 0.747. The molecule has 1 heterocycles. The molecule has 9 heteroatoms. The van der Waals surface area contributed by atoms with Gasteiger partial charge in [-0.25, -0.2) is 4.79 Å². The van der Waals surface area contributed by atoms with Crippen LogP contribution in [0, 0.1) is 0 Å².